The van der Waals surface area contributed by atoms with Crippen molar-refractivity contribution in [1.29, 1.82) is 0 Å². The lowest BCUT2D eigenvalue weighted by atomic mass is 10.2. The maximum Gasteiger partial charge on any atom is 0.443 e. The summed E-state index contributed by atoms with van der Waals surface area (Å²) in [7, 11) is 0. The van der Waals surface area contributed by atoms with E-state index in [4.69, 9.17) is 5.73 Å². The summed E-state index contributed by atoms with van der Waals surface area (Å²) in [5, 5.41) is -0.910. The molecule has 1 atom stereocenters. The van der Waals surface area contributed by atoms with Crippen LogP contribution in [0.5, 0.6) is 0 Å². The Hall–Kier alpha value is -1.54. The van der Waals surface area contributed by atoms with E-state index >= 15 is 0 Å². The van der Waals surface area contributed by atoms with Gasteiger partial charge < -0.3 is 5.73 Å². The summed E-state index contributed by atoms with van der Waals surface area (Å²) < 4.78 is 37.0. The van der Waals surface area contributed by atoms with E-state index in [1.54, 1.807) is 0 Å². The fourth-order valence-electron chi connectivity index (χ4n) is 1.18. The number of nitrogens with two attached hydrogens (primary N) is 1. The molecular formula is C9H7F3N4S. The Bertz CT molecular complexity index is 496. The molecule has 0 radical (unpaired) electrons. The summed E-state index contributed by atoms with van der Waals surface area (Å²) in [6.45, 7) is 0. The molecule has 8 heteroatoms. The molecule has 0 spiro atoms. The zero-order valence-electron chi connectivity index (χ0n) is 8.35. The van der Waals surface area contributed by atoms with Gasteiger partial charge >= 0.3 is 6.18 Å². The van der Waals surface area contributed by atoms with Crippen LogP contribution < -0.4 is 5.73 Å². The maximum atomic E-state index is 12.3. The second kappa shape index (κ2) is 4.38. The van der Waals surface area contributed by atoms with Crippen LogP contribution in [0.15, 0.2) is 24.8 Å². The highest BCUT2D eigenvalue weighted by Crippen LogP contribution is 2.34. The number of hydrogen-bond acceptors (Lipinski definition) is 5. The lowest BCUT2D eigenvalue weighted by molar-refractivity contribution is -0.137. The lowest BCUT2D eigenvalue weighted by Gasteiger charge is -2.06. The van der Waals surface area contributed by atoms with Crippen LogP contribution in [0.2, 0.25) is 0 Å². The molecule has 0 saturated carbocycles. The van der Waals surface area contributed by atoms with E-state index < -0.39 is 17.2 Å². The Morgan fingerprint density at radius 1 is 1.18 bits per heavy atom. The number of rotatable bonds is 2. The van der Waals surface area contributed by atoms with Crippen molar-refractivity contribution < 1.29 is 13.2 Å². The predicted octanol–water partition coefficient (Wildman–Crippen LogP) is 2.00. The minimum atomic E-state index is -4.44. The molecule has 2 aromatic rings. The SMILES string of the molecule is NC(c1cnccn1)c1cnc(C(F)(F)F)s1. The summed E-state index contributed by atoms with van der Waals surface area (Å²) in [4.78, 5) is 11.3. The van der Waals surface area contributed by atoms with Gasteiger partial charge in [-0.3, -0.25) is 9.97 Å². The molecule has 90 valence electrons. The summed E-state index contributed by atoms with van der Waals surface area (Å²) in [5.41, 5.74) is 6.18. The van der Waals surface area contributed by atoms with Crippen molar-refractivity contribution in [2.24, 2.45) is 5.73 Å². The molecule has 2 rings (SSSR count). The van der Waals surface area contributed by atoms with Gasteiger partial charge in [-0.1, -0.05) is 0 Å². The van der Waals surface area contributed by atoms with Gasteiger partial charge in [-0.05, 0) is 0 Å². The largest absolute Gasteiger partial charge is 0.443 e. The first-order valence-electron chi connectivity index (χ1n) is 4.53. The zero-order chi connectivity index (χ0) is 12.5. The zero-order valence-corrected chi connectivity index (χ0v) is 9.16. The molecule has 2 heterocycles. The van der Waals surface area contributed by atoms with Crippen LogP contribution in [0, 0.1) is 0 Å². The summed E-state index contributed by atoms with van der Waals surface area (Å²) >= 11 is 0.514. The van der Waals surface area contributed by atoms with Crippen molar-refractivity contribution in [3.05, 3.63) is 40.4 Å². The number of thiazole rings is 1. The van der Waals surface area contributed by atoms with E-state index in [-0.39, 0.29) is 0 Å². The first-order valence-corrected chi connectivity index (χ1v) is 5.34. The highest BCUT2D eigenvalue weighted by molar-refractivity contribution is 7.11. The average molecular weight is 260 g/mol. The van der Waals surface area contributed by atoms with Crippen LogP contribution in [-0.4, -0.2) is 15.0 Å². The summed E-state index contributed by atoms with van der Waals surface area (Å²) in [5.74, 6) is 0. The first kappa shape index (κ1) is 11.9. The number of hydrogen-bond donors (Lipinski definition) is 1. The fraction of sp³-hybridized carbons (Fsp3) is 0.222. The Morgan fingerprint density at radius 3 is 2.47 bits per heavy atom. The molecule has 0 fully saturated rings. The van der Waals surface area contributed by atoms with E-state index in [1.165, 1.54) is 18.6 Å². The average Bonchev–Trinajstić information content (AvgIpc) is 2.78. The van der Waals surface area contributed by atoms with E-state index in [0.29, 0.717) is 21.9 Å². The second-order valence-corrected chi connectivity index (χ2v) is 4.24. The molecule has 17 heavy (non-hydrogen) atoms. The molecule has 0 aliphatic carbocycles. The first-order chi connectivity index (χ1) is 7.98. The molecule has 0 aliphatic heterocycles. The van der Waals surface area contributed by atoms with E-state index in [1.807, 2.05) is 0 Å². The van der Waals surface area contributed by atoms with Crippen LogP contribution in [0.4, 0.5) is 13.2 Å². The summed E-state index contributed by atoms with van der Waals surface area (Å²) in [6.07, 6.45) is 0.987. The molecule has 1 unspecified atom stereocenters. The highest BCUT2D eigenvalue weighted by Gasteiger charge is 2.35. The third-order valence-corrected chi connectivity index (χ3v) is 3.10. The minimum absolute atomic E-state index is 0.304. The molecule has 0 bridgehead atoms. The highest BCUT2D eigenvalue weighted by atomic mass is 32.1. The predicted molar refractivity (Wildman–Crippen MR) is 55.2 cm³/mol. The quantitative estimate of drug-likeness (QED) is 0.897. The van der Waals surface area contributed by atoms with Gasteiger partial charge in [0.2, 0.25) is 0 Å². The Labute approximate surface area is 98.4 Å². The summed E-state index contributed by atoms with van der Waals surface area (Å²) in [6, 6.07) is -0.739. The Balaban J connectivity index is 2.27. The van der Waals surface area contributed by atoms with Crippen LogP contribution in [0.3, 0.4) is 0 Å². The third-order valence-electron chi connectivity index (χ3n) is 1.97. The Kier molecular flexibility index (Phi) is 3.07. The third kappa shape index (κ3) is 2.59. The number of nitrogens with zero attached hydrogens (tertiary/aromatic N) is 3. The van der Waals surface area contributed by atoms with Gasteiger partial charge in [0, 0.05) is 23.5 Å². The fourth-order valence-corrected chi connectivity index (χ4v) is 1.98. The van der Waals surface area contributed by atoms with Gasteiger partial charge in [0.15, 0.2) is 5.01 Å². The van der Waals surface area contributed by atoms with Gasteiger partial charge in [0.1, 0.15) is 0 Å². The van der Waals surface area contributed by atoms with Crippen LogP contribution in [0.25, 0.3) is 0 Å². The van der Waals surface area contributed by atoms with Crippen molar-refractivity contribution in [3.8, 4) is 0 Å². The van der Waals surface area contributed by atoms with E-state index in [0.717, 1.165) is 6.20 Å². The van der Waals surface area contributed by atoms with Crippen molar-refractivity contribution >= 4 is 11.3 Å². The van der Waals surface area contributed by atoms with Gasteiger partial charge in [0.05, 0.1) is 17.9 Å². The van der Waals surface area contributed by atoms with Crippen LogP contribution in [-0.2, 0) is 6.18 Å². The molecule has 2 aromatic heterocycles. The van der Waals surface area contributed by atoms with Gasteiger partial charge in [0.25, 0.3) is 0 Å². The van der Waals surface area contributed by atoms with Crippen LogP contribution in [0.1, 0.15) is 21.6 Å². The van der Waals surface area contributed by atoms with E-state index in [9.17, 15) is 13.2 Å². The van der Waals surface area contributed by atoms with Crippen molar-refractivity contribution in [3.63, 3.8) is 0 Å². The van der Waals surface area contributed by atoms with Gasteiger partial charge in [-0.25, -0.2) is 4.98 Å². The minimum Gasteiger partial charge on any atom is -0.318 e. The van der Waals surface area contributed by atoms with Crippen molar-refractivity contribution in [2.75, 3.05) is 0 Å². The molecule has 0 aliphatic rings. The normalized spacial score (nSPS) is 13.6. The maximum absolute atomic E-state index is 12.3. The lowest BCUT2D eigenvalue weighted by Crippen LogP contribution is -2.12. The standard InChI is InChI=1S/C9H7F3N4S/c10-9(11,12)8-16-4-6(17-8)7(13)5-3-14-1-2-15-5/h1-4,7H,13H2. The number of aromatic nitrogens is 3. The molecular weight excluding hydrogens is 253 g/mol. The van der Waals surface area contributed by atoms with Gasteiger partial charge in [-0.2, -0.15) is 13.2 Å². The molecule has 4 nitrogen and oxygen atoms in total. The van der Waals surface area contributed by atoms with Gasteiger partial charge in [-0.15, -0.1) is 11.3 Å². The van der Waals surface area contributed by atoms with E-state index in [2.05, 4.69) is 15.0 Å². The van der Waals surface area contributed by atoms with Crippen LogP contribution >= 0.6 is 11.3 Å². The van der Waals surface area contributed by atoms with Crippen molar-refractivity contribution in [2.45, 2.75) is 12.2 Å². The second-order valence-electron chi connectivity index (χ2n) is 3.17. The topological polar surface area (TPSA) is 64.7 Å². The molecule has 0 aromatic carbocycles. The molecule has 2 N–H and O–H groups in total. The Morgan fingerprint density at radius 2 is 1.94 bits per heavy atom. The molecule has 0 saturated heterocycles. The monoisotopic (exact) mass is 260 g/mol. The smallest absolute Gasteiger partial charge is 0.318 e. The van der Waals surface area contributed by atoms with Crippen molar-refractivity contribution in [1.82, 2.24) is 15.0 Å². The number of alkyl halides is 3. The molecule has 0 amide bonds. The number of halogens is 3.